The molecule has 1 aromatic carbocycles. The number of halogens is 2. The molecule has 5 heteroatoms. The van der Waals surface area contributed by atoms with Crippen LogP contribution in [0.2, 0.25) is 0 Å². The molecule has 1 fully saturated rings. The van der Waals surface area contributed by atoms with Crippen molar-refractivity contribution < 1.29 is 13.9 Å². The molecule has 0 spiro atoms. The molecule has 20 heavy (non-hydrogen) atoms. The fraction of sp³-hybridized carbons (Fsp3) is 0.600. The lowest BCUT2D eigenvalue weighted by molar-refractivity contribution is 0.300. The van der Waals surface area contributed by atoms with Gasteiger partial charge in [0.1, 0.15) is 17.3 Å². The molecule has 0 radical (unpaired) electrons. The summed E-state index contributed by atoms with van der Waals surface area (Å²) < 4.78 is 28.4. The van der Waals surface area contributed by atoms with Gasteiger partial charge in [-0.05, 0) is 30.5 Å². The van der Waals surface area contributed by atoms with Crippen molar-refractivity contribution in [1.82, 2.24) is 5.32 Å². The second kappa shape index (κ2) is 6.50. The predicted molar refractivity (Wildman–Crippen MR) is 75.8 cm³/mol. The normalized spacial score (nSPS) is 14.9. The number of anilines is 1. The molecule has 1 aliphatic carbocycles. The fourth-order valence-corrected chi connectivity index (χ4v) is 2.29. The highest BCUT2D eigenvalue weighted by molar-refractivity contribution is 5.52. The summed E-state index contributed by atoms with van der Waals surface area (Å²) in [5.74, 6) is -1.10. The van der Waals surface area contributed by atoms with E-state index in [1.165, 1.54) is 12.1 Å². The van der Waals surface area contributed by atoms with Gasteiger partial charge in [0.2, 0.25) is 0 Å². The third kappa shape index (κ3) is 3.67. The van der Waals surface area contributed by atoms with Gasteiger partial charge in [0, 0.05) is 25.2 Å². The number of aliphatic hydroxyl groups excluding tert-OH is 1. The quantitative estimate of drug-likeness (QED) is 0.807. The average Bonchev–Trinajstić information content (AvgIpc) is 3.18. The Bertz CT molecular complexity index is 438. The molecule has 0 amide bonds. The standard InChI is InChI=1S/C15H22F2N2O/c1-10(2)18-9-11-7-13(16)15(14(17)8-11)19(5-6-20)12-3-4-12/h7-8,10,12,18,20H,3-6,9H2,1-2H3. The first kappa shape index (κ1) is 15.2. The lowest BCUT2D eigenvalue weighted by atomic mass is 10.1. The Kier molecular flexibility index (Phi) is 4.94. The maximum absolute atomic E-state index is 14.2. The Balaban J connectivity index is 2.20. The van der Waals surface area contributed by atoms with Gasteiger partial charge in [0.15, 0.2) is 0 Å². The van der Waals surface area contributed by atoms with E-state index in [1.807, 2.05) is 13.8 Å². The first-order valence-electron chi connectivity index (χ1n) is 7.11. The van der Waals surface area contributed by atoms with Crippen LogP contribution in [0.15, 0.2) is 12.1 Å². The van der Waals surface area contributed by atoms with Crippen molar-refractivity contribution in [2.75, 3.05) is 18.1 Å². The molecule has 0 unspecified atom stereocenters. The zero-order chi connectivity index (χ0) is 14.7. The van der Waals surface area contributed by atoms with E-state index in [0.29, 0.717) is 12.1 Å². The first-order valence-corrected chi connectivity index (χ1v) is 7.11. The zero-order valence-electron chi connectivity index (χ0n) is 12.0. The highest BCUT2D eigenvalue weighted by atomic mass is 19.1. The summed E-state index contributed by atoms with van der Waals surface area (Å²) in [6.45, 7) is 4.57. The van der Waals surface area contributed by atoms with Crippen molar-refractivity contribution in [1.29, 1.82) is 0 Å². The molecule has 1 saturated carbocycles. The van der Waals surface area contributed by atoms with Crippen LogP contribution in [0.25, 0.3) is 0 Å². The van der Waals surface area contributed by atoms with Gasteiger partial charge in [-0.1, -0.05) is 13.8 Å². The van der Waals surface area contributed by atoms with Crippen molar-refractivity contribution in [3.8, 4) is 0 Å². The van der Waals surface area contributed by atoms with E-state index >= 15 is 0 Å². The Morgan fingerprint density at radius 1 is 1.30 bits per heavy atom. The number of nitrogens with zero attached hydrogens (tertiary/aromatic N) is 1. The fourth-order valence-electron chi connectivity index (χ4n) is 2.29. The van der Waals surface area contributed by atoms with E-state index < -0.39 is 11.6 Å². The minimum Gasteiger partial charge on any atom is -0.395 e. The van der Waals surface area contributed by atoms with Crippen molar-refractivity contribution >= 4 is 5.69 Å². The average molecular weight is 284 g/mol. The summed E-state index contributed by atoms with van der Waals surface area (Å²) in [4.78, 5) is 1.64. The Hall–Kier alpha value is -1.20. The third-order valence-corrected chi connectivity index (χ3v) is 3.41. The van der Waals surface area contributed by atoms with Gasteiger partial charge in [0.05, 0.1) is 6.61 Å². The second-order valence-electron chi connectivity index (χ2n) is 5.59. The first-order chi connectivity index (χ1) is 9.52. The molecule has 112 valence electrons. The predicted octanol–water partition coefficient (Wildman–Crippen LogP) is 2.42. The molecule has 2 rings (SSSR count). The topological polar surface area (TPSA) is 35.5 Å². The van der Waals surface area contributed by atoms with Gasteiger partial charge in [0.25, 0.3) is 0 Å². The molecule has 0 atom stereocenters. The van der Waals surface area contributed by atoms with E-state index in [-0.39, 0.29) is 30.9 Å². The van der Waals surface area contributed by atoms with E-state index in [4.69, 9.17) is 5.11 Å². The highest BCUT2D eigenvalue weighted by Gasteiger charge is 2.32. The molecule has 1 aromatic rings. The van der Waals surface area contributed by atoms with Crippen LogP contribution in [-0.4, -0.2) is 30.3 Å². The smallest absolute Gasteiger partial charge is 0.149 e. The number of hydrogen-bond donors (Lipinski definition) is 2. The number of hydrogen-bond acceptors (Lipinski definition) is 3. The van der Waals surface area contributed by atoms with Crippen LogP contribution in [0, 0.1) is 11.6 Å². The lowest BCUT2D eigenvalue weighted by Gasteiger charge is -2.25. The monoisotopic (exact) mass is 284 g/mol. The van der Waals surface area contributed by atoms with Crippen molar-refractivity contribution in [3.05, 3.63) is 29.3 Å². The van der Waals surface area contributed by atoms with Gasteiger partial charge >= 0.3 is 0 Å². The van der Waals surface area contributed by atoms with Gasteiger partial charge in [-0.25, -0.2) is 8.78 Å². The van der Waals surface area contributed by atoms with Crippen LogP contribution >= 0.6 is 0 Å². The summed E-state index contributed by atoms with van der Waals surface area (Å²) in [6, 6.07) is 3.17. The summed E-state index contributed by atoms with van der Waals surface area (Å²) in [5, 5.41) is 12.2. The Morgan fingerprint density at radius 2 is 1.90 bits per heavy atom. The SMILES string of the molecule is CC(C)NCc1cc(F)c(N(CCO)C2CC2)c(F)c1. The molecule has 1 aliphatic rings. The number of aliphatic hydroxyl groups is 1. The molecule has 0 bridgehead atoms. The van der Waals surface area contributed by atoms with Crippen molar-refractivity contribution in [3.63, 3.8) is 0 Å². The number of rotatable bonds is 7. The van der Waals surface area contributed by atoms with E-state index in [2.05, 4.69) is 5.32 Å². The van der Waals surface area contributed by atoms with Crippen molar-refractivity contribution in [2.24, 2.45) is 0 Å². The van der Waals surface area contributed by atoms with Crippen LogP contribution in [0.5, 0.6) is 0 Å². The lowest BCUT2D eigenvalue weighted by Crippen LogP contribution is -2.31. The van der Waals surface area contributed by atoms with Crippen LogP contribution in [-0.2, 0) is 6.54 Å². The number of nitrogens with one attached hydrogen (secondary N) is 1. The highest BCUT2D eigenvalue weighted by Crippen LogP contribution is 2.35. The Morgan fingerprint density at radius 3 is 2.35 bits per heavy atom. The van der Waals surface area contributed by atoms with Crippen LogP contribution in [0.4, 0.5) is 14.5 Å². The molecule has 3 nitrogen and oxygen atoms in total. The molecule has 0 saturated heterocycles. The summed E-state index contributed by atoms with van der Waals surface area (Å²) in [7, 11) is 0. The minimum absolute atomic E-state index is 0.00477. The van der Waals surface area contributed by atoms with E-state index in [9.17, 15) is 8.78 Å². The van der Waals surface area contributed by atoms with Crippen molar-refractivity contribution in [2.45, 2.75) is 45.3 Å². The maximum atomic E-state index is 14.2. The molecular weight excluding hydrogens is 262 g/mol. The zero-order valence-corrected chi connectivity index (χ0v) is 12.0. The molecular formula is C15H22F2N2O. The van der Waals surface area contributed by atoms with Crippen LogP contribution in [0.3, 0.4) is 0 Å². The Labute approximate surface area is 118 Å². The van der Waals surface area contributed by atoms with Gasteiger partial charge in [-0.2, -0.15) is 0 Å². The summed E-state index contributed by atoms with van der Waals surface area (Å²) in [5.41, 5.74) is 0.590. The second-order valence-corrected chi connectivity index (χ2v) is 5.59. The molecule has 0 aromatic heterocycles. The molecule has 2 N–H and O–H groups in total. The summed E-state index contributed by atoms with van der Waals surface area (Å²) >= 11 is 0. The van der Waals surface area contributed by atoms with Crippen LogP contribution in [0.1, 0.15) is 32.3 Å². The van der Waals surface area contributed by atoms with Gasteiger partial charge < -0.3 is 15.3 Å². The third-order valence-electron chi connectivity index (χ3n) is 3.41. The largest absolute Gasteiger partial charge is 0.395 e. The maximum Gasteiger partial charge on any atom is 0.149 e. The van der Waals surface area contributed by atoms with Gasteiger partial charge in [-0.3, -0.25) is 0 Å². The molecule has 0 aliphatic heterocycles. The molecule has 0 heterocycles. The number of benzene rings is 1. The van der Waals surface area contributed by atoms with Gasteiger partial charge in [-0.15, -0.1) is 0 Å². The van der Waals surface area contributed by atoms with Crippen LogP contribution < -0.4 is 10.2 Å². The van der Waals surface area contributed by atoms with E-state index in [0.717, 1.165) is 12.8 Å². The van der Waals surface area contributed by atoms with E-state index in [1.54, 1.807) is 4.90 Å². The summed E-state index contributed by atoms with van der Waals surface area (Å²) in [6.07, 6.45) is 1.85. The minimum atomic E-state index is -0.550.